The van der Waals surface area contributed by atoms with Crippen molar-refractivity contribution < 1.29 is 14.6 Å². The van der Waals surface area contributed by atoms with Gasteiger partial charge in [-0.25, -0.2) is 4.98 Å². The fourth-order valence-electron chi connectivity index (χ4n) is 2.38. The summed E-state index contributed by atoms with van der Waals surface area (Å²) in [5.41, 5.74) is 1.82. The highest BCUT2D eigenvalue weighted by atomic mass is 32.2. The Morgan fingerprint density at radius 1 is 1.28 bits per heavy atom. The molecule has 3 aromatic rings. The van der Waals surface area contributed by atoms with Gasteiger partial charge in [0, 0.05) is 5.75 Å². The fourth-order valence-corrected chi connectivity index (χ4v) is 3.22. The Bertz CT molecular complexity index is 932. The van der Waals surface area contributed by atoms with E-state index < -0.39 is 5.97 Å². The third-order valence-corrected chi connectivity index (χ3v) is 4.40. The van der Waals surface area contributed by atoms with Crippen LogP contribution in [-0.2, 0) is 11.3 Å². The Morgan fingerprint density at radius 3 is 2.80 bits per heavy atom. The maximum atomic E-state index is 11.2. The van der Waals surface area contributed by atoms with Crippen LogP contribution >= 0.6 is 11.8 Å². The molecule has 25 heavy (non-hydrogen) atoms. The van der Waals surface area contributed by atoms with Crippen molar-refractivity contribution in [3.8, 4) is 11.8 Å². The number of benzene rings is 2. The zero-order chi connectivity index (χ0) is 17.6. The van der Waals surface area contributed by atoms with Crippen LogP contribution in [0.4, 0.5) is 0 Å². The molecule has 7 heteroatoms. The first-order valence-electron chi connectivity index (χ1n) is 7.60. The number of carboxylic acids is 1. The third-order valence-electron chi connectivity index (χ3n) is 3.46. The van der Waals surface area contributed by atoms with Gasteiger partial charge in [0.1, 0.15) is 12.3 Å². The average Bonchev–Trinajstić information content (AvgIpc) is 2.95. The molecule has 126 valence electrons. The molecule has 0 aliphatic rings. The molecule has 0 aliphatic carbocycles. The number of hydrogen-bond donors (Lipinski definition) is 1. The summed E-state index contributed by atoms with van der Waals surface area (Å²) in [6, 6.07) is 16.6. The Balaban J connectivity index is 1.75. The van der Waals surface area contributed by atoms with E-state index in [1.165, 1.54) is 11.8 Å². The molecule has 3 rings (SSSR count). The van der Waals surface area contributed by atoms with E-state index in [0.29, 0.717) is 34.1 Å². The quantitative estimate of drug-likeness (QED) is 0.518. The SMILES string of the molecule is N#Cc1ccc2c(c1)nc(SCCOc1ccccc1)n2CC(=O)O. The number of ether oxygens (including phenoxy) is 1. The lowest BCUT2D eigenvalue weighted by Crippen LogP contribution is -2.10. The van der Waals surface area contributed by atoms with Crippen molar-refractivity contribution in [2.75, 3.05) is 12.4 Å². The van der Waals surface area contributed by atoms with Gasteiger partial charge in [-0.15, -0.1) is 0 Å². The van der Waals surface area contributed by atoms with Crippen molar-refractivity contribution in [3.05, 3.63) is 54.1 Å². The molecule has 0 bridgehead atoms. The molecule has 0 radical (unpaired) electrons. The number of thioether (sulfide) groups is 1. The number of aromatic nitrogens is 2. The standard InChI is InChI=1S/C18H15N3O3S/c19-11-13-6-7-16-15(10-13)20-18(21(16)12-17(22)23)25-9-8-24-14-4-2-1-3-5-14/h1-7,10H,8-9,12H2,(H,22,23). The number of rotatable bonds is 7. The molecule has 1 aromatic heterocycles. The maximum Gasteiger partial charge on any atom is 0.323 e. The summed E-state index contributed by atoms with van der Waals surface area (Å²) in [5, 5.41) is 18.8. The zero-order valence-corrected chi connectivity index (χ0v) is 14.1. The van der Waals surface area contributed by atoms with Gasteiger partial charge >= 0.3 is 5.97 Å². The summed E-state index contributed by atoms with van der Waals surface area (Å²) in [6.45, 7) is 0.304. The minimum absolute atomic E-state index is 0.176. The minimum atomic E-state index is -0.939. The molecular weight excluding hydrogens is 338 g/mol. The number of hydrogen-bond acceptors (Lipinski definition) is 5. The van der Waals surface area contributed by atoms with Crippen LogP contribution < -0.4 is 4.74 Å². The number of imidazole rings is 1. The molecule has 0 amide bonds. The topological polar surface area (TPSA) is 88.1 Å². The predicted octanol–water partition coefficient (Wildman–Crippen LogP) is 3.16. The molecule has 0 aliphatic heterocycles. The van der Waals surface area contributed by atoms with Crippen LogP contribution in [0.5, 0.6) is 5.75 Å². The number of nitriles is 1. The van der Waals surface area contributed by atoms with Gasteiger partial charge in [-0.1, -0.05) is 30.0 Å². The molecule has 0 saturated carbocycles. The van der Waals surface area contributed by atoms with E-state index in [9.17, 15) is 4.79 Å². The van der Waals surface area contributed by atoms with Crippen molar-refractivity contribution in [1.82, 2.24) is 9.55 Å². The predicted molar refractivity (Wildman–Crippen MR) is 94.7 cm³/mol. The van der Waals surface area contributed by atoms with Crippen LogP contribution in [0.2, 0.25) is 0 Å². The number of para-hydroxylation sites is 1. The van der Waals surface area contributed by atoms with Gasteiger partial charge in [0.25, 0.3) is 0 Å². The Labute approximate surface area is 148 Å². The summed E-state index contributed by atoms with van der Waals surface area (Å²) in [4.78, 5) is 15.6. The van der Waals surface area contributed by atoms with E-state index in [0.717, 1.165) is 5.75 Å². The van der Waals surface area contributed by atoms with Crippen molar-refractivity contribution in [2.45, 2.75) is 11.7 Å². The summed E-state index contributed by atoms with van der Waals surface area (Å²) in [7, 11) is 0. The highest BCUT2D eigenvalue weighted by molar-refractivity contribution is 7.99. The highest BCUT2D eigenvalue weighted by Gasteiger charge is 2.14. The molecule has 0 atom stereocenters. The van der Waals surface area contributed by atoms with Crippen LogP contribution in [0.25, 0.3) is 11.0 Å². The molecule has 0 spiro atoms. The Hall–Kier alpha value is -2.98. The summed E-state index contributed by atoms with van der Waals surface area (Å²) in [6.07, 6.45) is 0. The lowest BCUT2D eigenvalue weighted by molar-refractivity contribution is -0.137. The number of carboxylic acid groups (broad SMARTS) is 1. The first kappa shape index (κ1) is 16.9. The van der Waals surface area contributed by atoms with Crippen LogP contribution in [0.3, 0.4) is 0 Å². The lowest BCUT2D eigenvalue weighted by atomic mass is 10.2. The van der Waals surface area contributed by atoms with E-state index in [4.69, 9.17) is 15.1 Å². The minimum Gasteiger partial charge on any atom is -0.493 e. The van der Waals surface area contributed by atoms with E-state index in [2.05, 4.69) is 11.1 Å². The summed E-state index contributed by atoms with van der Waals surface area (Å²) in [5.74, 6) is 0.481. The average molecular weight is 353 g/mol. The van der Waals surface area contributed by atoms with Gasteiger partial charge in [-0.05, 0) is 30.3 Å². The largest absolute Gasteiger partial charge is 0.493 e. The normalized spacial score (nSPS) is 10.5. The molecule has 0 unspecified atom stereocenters. The summed E-state index contributed by atoms with van der Waals surface area (Å²) < 4.78 is 7.29. The monoisotopic (exact) mass is 353 g/mol. The van der Waals surface area contributed by atoms with Gasteiger partial charge in [-0.3, -0.25) is 4.79 Å². The second-order valence-corrected chi connectivity index (χ2v) is 6.26. The summed E-state index contributed by atoms with van der Waals surface area (Å²) >= 11 is 1.43. The van der Waals surface area contributed by atoms with Crippen molar-refractivity contribution in [1.29, 1.82) is 5.26 Å². The molecule has 6 nitrogen and oxygen atoms in total. The van der Waals surface area contributed by atoms with E-state index in [1.54, 1.807) is 22.8 Å². The molecular formula is C18H15N3O3S. The molecule has 1 N–H and O–H groups in total. The van der Waals surface area contributed by atoms with Crippen LogP contribution in [0.1, 0.15) is 5.56 Å². The smallest absolute Gasteiger partial charge is 0.323 e. The second kappa shape index (κ2) is 7.73. The van der Waals surface area contributed by atoms with E-state index in [-0.39, 0.29) is 6.54 Å². The Kier molecular flexibility index (Phi) is 5.21. The maximum absolute atomic E-state index is 11.2. The van der Waals surface area contributed by atoms with Crippen molar-refractivity contribution >= 4 is 28.8 Å². The second-order valence-electron chi connectivity index (χ2n) is 5.20. The van der Waals surface area contributed by atoms with Gasteiger partial charge in [-0.2, -0.15) is 5.26 Å². The van der Waals surface area contributed by atoms with Crippen LogP contribution in [0.15, 0.2) is 53.7 Å². The van der Waals surface area contributed by atoms with Crippen LogP contribution in [0, 0.1) is 11.3 Å². The van der Waals surface area contributed by atoms with Crippen LogP contribution in [-0.4, -0.2) is 33.0 Å². The molecule has 1 heterocycles. The number of carbonyl (C=O) groups is 1. The number of fused-ring (bicyclic) bond motifs is 1. The van der Waals surface area contributed by atoms with Crippen molar-refractivity contribution in [2.24, 2.45) is 0 Å². The van der Waals surface area contributed by atoms with Gasteiger partial charge in [0.15, 0.2) is 5.16 Å². The van der Waals surface area contributed by atoms with Crippen molar-refractivity contribution in [3.63, 3.8) is 0 Å². The third kappa shape index (κ3) is 4.11. The zero-order valence-electron chi connectivity index (χ0n) is 13.3. The van der Waals surface area contributed by atoms with E-state index >= 15 is 0 Å². The molecule has 0 saturated heterocycles. The first-order chi connectivity index (χ1) is 12.2. The first-order valence-corrected chi connectivity index (χ1v) is 8.59. The molecule has 0 fully saturated rings. The number of aliphatic carboxylic acids is 1. The number of nitrogens with zero attached hydrogens (tertiary/aromatic N) is 3. The van der Waals surface area contributed by atoms with Gasteiger partial charge in [0.2, 0.25) is 0 Å². The van der Waals surface area contributed by atoms with Gasteiger partial charge < -0.3 is 14.4 Å². The fraction of sp³-hybridized carbons (Fsp3) is 0.167. The molecule has 2 aromatic carbocycles. The highest BCUT2D eigenvalue weighted by Crippen LogP contribution is 2.25. The van der Waals surface area contributed by atoms with E-state index in [1.807, 2.05) is 30.3 Å². The lowest BCUT2D eigenvalue weighted by Gasteiger charge is -2.07. The Morgan fingerprint density at radius 2 is 2.08 bits per heavy atom. The van der Waals surface area contributed by atoms with Gasteiger partial charge in [0.05, 0.1) is 29.3 Å².